The average molecular weight is 184 g/mol. The van der Waals surface area contributed by atoms with Crippen LogP contribution in [0.15, 0.2) is 0 Å². The lowest BCUT2D eigenvalue weighted by molar-refractivity contribution is -0.158. The quantitative estimate of drug-likeness (QED) is 0.648. The topological polar surface area (TPSA) is 46.5 Å². The molecule has 74 valence electrons. The standard InChI is InChI=1S/C10H16O3/c11-7-9(12)8-2-5-13-10(6-8)3-1-4-10/h7-9,12H,1-6H2. The average Bonchev–Trinajstić information content (AvgIpc) is 2.14. The maximum absolute atomic E-state index is 10.4. The van der Waals surface area contributed by atoms with Gasteiger partial charge in [-0.1, -0.05) is 0 Å². The van der Waals surface area contributed by atoms with Crippen molar-refractivity contribution < 1.29 is 14.6 Å². The Labute approximate surface area is 78.1 Å². The minimum Gasteiger partial charge on any atom is -0.385 e. The van der Waals surface area contributed by atoms with Crippen molar-refractivity contribution in [2.45, 2.75) is 43.8 Å². The predicted molar refractivity (Wildman–Crippen MR) is 47.3 cm³/mol. The van der Waals surface area contributed by atoms with E-state index in [1.807, 2.05) is 0 Å². The van der Waals surface area contributed by atoms with Crippen LogP contribution in [0.2, 0.25) is 0 Å². The molecule has 1 saturated heterocycles. The van der Waals surface area contributed by atoms with E-state index in [1.54, 1.807) is 0 Å². The molecule has 0 aromatic heterocycles. The summed E-state index contributed by atoms with van der Waals surface area (Å²) in [5, 5.41) is 9.41. The summed E-state index contributed by atoms with van der Waals surface area (Å²) in [7, 11) is 0. The third-order valence-corrected chi connectivity index (χ3v) is 3.42. The number of aliphatic hydroxyl groups excluding tert-OH is 1. The molecule has 2 unspecified atom stereocenters. The lowest BCUT2D eigenvalue weighted by Gasteiger charge is -2.47. The van der Waals surface area contributed by atoms with Crippen molar-refractivity contribution >= 4 is 6.29 Å². The first-order chi connectivity index (χ1) is 6.26. The van der Waals surface area contributed by atoms with Crippen LogP contribution in [0.3, 0.4) is 0 Å². The summed E-state index contributed by atoms with van der Waals surface area (Å²) in [6.07, 6.45) is 5.01. The van der Waals surface area contributed by atoms with Gasteiger partial charge in [0.05, 0.1) is 5.60 Å². The van der Waals surface area contributed by atoms with E-state index in [0.717, 1.165) is 25.7 Å². The molecule has 2 atom stereocenters. The molecule has 2 fully saturated rings. The molecule has 2 aliphatic rings. The Balaban J connectivity index is 1.95. The third-order valence-electron chi connectivity index (χ3n) is 3.42. The number of hydrogen-bond donors (Lipinski definition) is 1. The van der Waals surface area contributed by atoms with Crippen molar-refractivity contribution in [3.63, 3.8) is 0 Å². The molecule has 1 aliphatic heterocycles. The van der Waals surface area contributed by atoms with Crippen LogP contribution < -0.4 is 0 Å². The number of carbonyl (C=O) groups is 1. The van der Waals surface area contributed by atoms with Crippen LogP contribution in [-0.4, -0.2) is 29.7 Å². The molecule has 3 nitrogen and oxygen atoms in total. The molecule has 2 rings (SSSR count). The van der Waals surface area contributed by atoms with Crippen LogP contribution in [-0.2, 0) is 9.53 Å². The molecular weight excluding hydrogens is 168 g/mol. The van der Waals surface area contributed by atoms with Gasteiger partial charge in [0.1, 0.15) is 12.4 Å². The number of aldehydes is 1. The molecule has 3 heteroatoms. The van der Waals surface area contributed by atoms with Gasteiger partial charge in [0.25, 0.3) is 0 Å². The van der Waals surface area contributed by atoms with Crippen LogP contribution >= 0.6 is 0 Å². The molecule has 0 aromatic carbocycles. The zero-order valence-electron chi connectivity index (χ0n) is 7.74. The minimum absolute atomic E-state index is 0.0346. The summed E-state index contributed by atoms with van der Waals surface area (Å²) >= 11 is 0. The first-order valence-corrected chi connectivity index (χ1v) is 5.03. The van der Waals surface area contributed by atoms with Crippen LogP contribution in [0, 0.1) is 5.92 Å². The summed E-state index contributed by atoms with van der Waals surface area (Å²) in [5.41, 5.74) is 0.0346. The number of ether oxygens (including phenoxy) is 1. The van der Waals surface area contributed by atoms with Crippen molar-refractivity contribution in [1.29, 1.82) is 0 Å². The smallest absolute Gasteiger partial charge is 0.148 e. The van der Waals surface area contributed by atoms with E-state index in [2.05, 4.69) is 0 Å². The third kappa shape index (κ3) is 1.63. The van der Waals surface area contributed by atoms with E-state index in [1.165, 1.54) is 6.42 Å². The van der Waals surface area contributed by atoms with E-state index in [0.29, 0.717) is 12.9 Å². The highest BCUT2D eigenvalue weighted by atomic mass is 16.5. The molecule has 1 saturated carbocycles. The van der Waals surface area contributed by atoms with Crippen molar-refractivity contribution in [2.75, 3.05) is 6.61 Å². The molecular formula is C10H16O3. The maximum Gasteiger partial charge on any atom is 0.148 e. The van der Waals surface area contributed by atoms with Gasteiger partial charge in [0.2, 0.25) is 0 Å². The number of rotatable bonds is 2. The summed E-state index contributed by atoms with van der Waals surface area (Å²) in [5.74, 6) is 0.131. The molecule has 13 heavy (non-hydrogen) atoms. The highest BCUT2D eigenvalue weighted by Gasteiger charge is 2.43. The largest absolute Gasteiger partial charge is 0.385 e. The number of aliphatic hydroxyl groups is 1. The van der Waals surface area contributed by atoms with Crippen molar-refractivity contribution in [3.8, 4) is 0 Å². The SMILES string of the molecule is O=CC(O)C1CCOC2(CCC2)C1. The summed E-state index contributed by atoms with van der Waals surface area (Å²) in [4.78, 5) is 10.4. The predicted octanol–water partition coefficient (Wildman–Crippen LogP) is 0.895. The molecule has 1 spiro atoms. The Morgan fingerprint density at radius 2 is 2.31 bits per heavy atom. The molecule has 1 N–H and O–H groups in total. The molecule has 0 bridgehead atoms. The van der Waals surface area contributed by atoms with Crippen molar-refractivity contribution in [1.82, 2.24) is 0 Å². The second-order valence-corrected chi connectivity index (χ2v) is 4.26. The maximum atomic E-state index is 10.4. The van der Waals surface area contributed by atoms with Crippen LogP contribution in [0.5, 0.6) is 0 Å². The fourth-order valence-electron chi connectivity index (χ4n) is 2.39. The summed E-state index contributed by atoms with van der Waals surface area (Å²) in [6, 6.07) is 0. The molecule has 1 heterocycles. The van der Waals surface area contributed by atoms with Crippen LogP contribution in [0.4, 0.5) is 0 Å². The monoisotopic (exact) mass is 184 g/mol. The fourth-order valence-corrected chi connectivity index (χ4v) is 2.39. The first-order valence-electron chi connectivity index (χ1n) is 5.03. The summed E-state index contributed by atoms with van der Waals surface area (Å²) in [6.45, 7) is 0.704. The van der Waals surface area contributed by atoms with E-state index >= 15 is 0 Å². The Hall–Kier alpha value is -0.410. The number of hydrogen-bond acceptors (Lipinski definition) is 3. The van der Waals surface area contributed by atoms with E-state index in [-0.39, 0.29) is 11.5 Å². The Kier molecular flexibility index (Phi) is 2.39. The van der Waals surface area contributed by atoms with E-state index < -0.39 is 6.10 Å². The van der Waals surface area contributed by atoms with Gasteiger partial charge < -0.3 is 14.6 Å². The van der Waals surface area contributed by atoms with Gasteiger partial charge in [0, 0.05) is 6.61 Å². The zero-order chi connectivity index (χ0) is 9.31. The molecule has 0 radical (unpaired) electrons. The van der Waals surface area contributed by atoms with E-state index in [9.17, 15) is 9.90 Å². The fraction of sp³-hybridized carbons (Fsp3) is 0.900. The van der Waals surface area contributed by atoms with Crippen molar-refractivity contribution in [3.05, 3.63) is 0 Å². The van der Waals surface area contributed by atoms with Gasteiger partial charge in [-0.25, -0.2) is 0 Å². The molecule has 0 aromatic rings. The minimum atomic E-state index is -0.777. The van der Waals surface area contributed by atoms with Gasteiger partial charge in [-0.2, -0.15) is 0 Å². The van der Waals surface area contributed by atoms with Crippen LogP contribution in [0.1, 0.15) is 32.1 Å². The van der Waals surface area contributed by atoms with Crippen LogP contribution in [0.25, 0.3) is 0 Å². The zero-order valence-corrected chi connectivity index (χ0v) is 7.74. The van der Waals surface area contributed by atoms with Gasteiger partial charge in [-0.15, -0.1) is 0 Å². The van der Waals surface area contributed by atoms with E-state index in [4.69, 9.17) is 4.74 Å². The van der Waals surface area contributed by atoms with Crippen molar-refractivity contribution in [2.24, 2.45) is 5.92 Å². The van der Waals surface area contributed by atoms with Gasteiger partial charge in [-0.05, 0) is 38.0 Å². The molecule has 1 aliphatic carbocycles. The Bertz CT molecular complexity index is 198. The van der Waals surface area contributed by atoms with Gasteiger partial charge in [-0.3, -0.25) is 0 Å². The number of carbonyl (C=O) groups excluding carboxylic acids is 1. The normalized spacial score (nSPS) is 33.8. The lowest BCUT2D eigenvalue weighted by atomic mass is 9.71. The lowest BCUT2D eigenvalue weighted by Crippen LogP contribution is -2.47. The second kappa shape index (κ2) is 3.39. The highest BCUT2D eigenvalue weighted by Crippen LogP contribution is 2.44. The van der Waals surface area contributed by atoms with Gasteiger partial charge in [0.15, 0.2) is 0 Å². The highest BCUT2D eigenvalue weighted by molar-refractivity contribution is 5.56. The summed E-state index contributed by atoms with van der Waals surface area (Å²) < 4.78 is 5.70. The van der Waals surface area contributed by atoms with Gasteiger partial charge >= 0.3 is 0 Å². The molecule has 0 amide bonds. The Morgan fingerprint density at radius 1 is 1.54 bits per heavy atom. The first kappa shape index (κ1) is 9.16. The second-order valence-electron chi connectivity index (χ2n) is 4.26. The Morgan fingerprint density at radius 3 is 2.85 bits per heavy atom.